The summed E-state index contributed by atoms with van der Waals surface area (Å²) >= 11 is 0. The molecule has 14 unspecified atom stereocenters. The molecule has 0 aromatic rings. The lowest BCUT2D eigenvalue weighted by Crippen LogP contribution is -2.50. The molecule has 0 saturated heterocycles. The standard InChI is InChI=1S/C45H76/c1-7-43(5,8-2)32-26-33(44(6,9-3)10-4)28-45(27-32)38-23-21-30-16-12-14-18-35(30)41(38)42-37-25-31-20-19-29-15-11-13-17-34(29)40(31)36(37)22-24-39(42)45/h29-42H,7-28H2,1-6H3. The van der Waals surface area contributed by atoms with Crippen LogP contribution in [0.15, 0.2) is 0 Å². The van der Waals surface area contributed by atoms with Crippen LogP contribution in [0.4, 0.5) is 0 Å². The predicted molar refractivity (Wildman–Crippen MR) is 192 cm³/mol. The molecule has 8 saturated carbocycles. The van der Waals surface area contributed by atoms with E-state index in [9.17, 15) is 0 Å². The lowest BCUT2D eigenvalue weighted by atomic mass is 9.46. The molecule has 256 valence electrons. The summed E-state index contributed by atoms with van der Waals surface area (Å²) < 4.78 is 0. The van der Waals surface area contributed by atoms with Crippen molar-refractivity contribution in [3.05, 3.63) is 0 Å². The molecule has 45 heavy (non-hydrogen) atoms. The Morgan fingerprint density at radius 1 is 0.444 bits per heavy atom. The maximum absolute atomic E-state index is 2.75. The van der Waals surface area contributed by atoms with Gasteiger partial charge in [0.05, 0.1) is 0 Å². The van der Waals surface area contributed by atoms with E-state index < -0.39 is 0 Å². The van der Waals surface area contributed by atoms with Crippen LogP contribution in [0.5, 0.6) is 0 Å². The minimum absolute atomic E-state index is 0.541. The van der Waals surface area contributed by atoms with E-state index >= 15 is 0 Å². The molecule has 0 N–H and O–H groups in total. The van der Waals surface area contributed by atoms with Crippen molar-refractivity contribution in [3.63, 3.8) is 0 Å². The van der Waals surface area contributed by atoms with Crippen molar-refractivity contribution in [1.29, 1.82) is 0 Å². The van der Waals surface area contributed by atoms with Gasteiger partial charge in [-0.15, -0.1) is 0 Å². The number of fused-ring (bicyclic) bond motifs is 13. The topological polar surface area (TPSA) is 0 Å². The van der Waals surface area contributed by atoms with Crippen molar-refractivity contribution in [2.24, 2.45) is 99.1 Å². The Kier molecular flexibility index (Phi) is 8.66. The first kappa shape index (κ1) is 32.2. The van der Waals surface area contributed by atoms with E-state index in [0.717, 1.165) is 82.9 Å². The molecular formula is C45H76. The van der Waals surface area contributed by atoms with Gasteiger partial charge in [0.25, 0.3) is 0 Å². The molecule has 0 aromatic heterocycles. The van der Waals surface area contributed by atoms with Crippen LogP contribution in [0.25, 0.3) is 0 Å². The van der Waals surface area contributed by atoms with Crippen LogP contribution in [0.1, 0.15) is 183 Å². The highest BCUT2D eigenvalue weighted by molar-refractivity contribution is 5.18. The van der Waals surface area contributed by atoms with Gasteiger partial charge in [0.15, 0.2) is 0 Å². The van der Waals surface area contributed by atoms with Crippen LogP contribution >= 0.6 is 0 Å². The summed E-state index contributed by atoms with van der Waals surface area (Å²) in [5.74, 6) is 15.3. The molecule has 0 bridgehead atoms. The van der Waals surface area contributed by atoms with E-state index in [1.807, 2.05) is 0 Å². The second-order valence-electron chi connectivity index (χ2n) is 20.4. The molecule has 1 spiro atoms. The molecule has 0 nitrogen and oxygen atoms in total. The van der Waals surface area contributed by atoms with Gasteiger partial charge in [-0.3, -0.25) is 0 Å². The quantitative estimate of drug-likeness (QED) is 0.278. The van der Waals surface area contributed by atoms with Crippen molar-refractivity contribution in [3.8, 4) is 0 Å². The van der Waals surface area contributed by atoms with E-state index in [4.69, 9.17) is 0 Å². The second-order valence-corrected chi connectivity index (χ2v) is 20.4. The molecule has 0 amide bonds. The zero-order valence-corrected chi connectivity index (χ0v) is 31.1. The summed E-state index contributed by atoms with van der Waals surface area (Å²) in [6.07, 6.45) is 34.6. The summed E-state index contributed by atoms with van der Waals surface area (Å²) in [7, 11) is 0. The minimum atomic E-state index is 0.541. The smallest absolute Gasteiger partial charge is 0.0230 e. The predicted octanol–water partition coefficient (Wildman–Crippen LogP) is 13.4. The van der Waals surface area contributed by atoms with Gasteiger partial charge in [-0.2, -0.15) is 0 Å². The molecule has 0 aromatic carbocycles. The van der Waals surface area contributed by atoms with Gasteiger partial charge in [0, 0.05) is 0 Å². The van der Waals surface area contributed by atoms with Gasteiger partial charge >= 0.3 is 0 Å². The van der Waals surface area contributed by atoms with Crippen LogP contribution in [-0.2, 0) is 0 Å². The van der Waals surface area contributed by atoms with Crippen molar-refractivity contribution in [2.45, 2.75) is 183 Å². The van der Waals surface area contributed by atoms with Crippen LogP contribution in [0, 0.1) is 99.1 Å². The van der Waals surface area contributed by atoms with Crippen molar-refractivity contribution < 1.29 is 0 Å². The molecule has 0 aliphatic heterocycles. The highest BCUT2D eigenvalue weighted by Gasteiger charge is 2.70. The average Bonchev–Trinajstić information content (AvgIpc) is 3.61. The zero-order chi connectivity index (χ0) is 31.1. The Hall–Kier alpha value is 0. The Morgan fingerprint density at radius 3 is 1.49 bits per heavy atom. The lowest BCUT2D eigenvalue weighted by Gasteiger charge is -2.58. The van der Waals surface area contributed by atoms with E-state index in [1.165, 1.54) is 25.7 Å². The van der Waals surface area contributed by atoms with Crippen molar-refractivity contribution >= 4 is 0 Å². The monoisotopic (exact) mass is 617 g/mol. The van der Waals surface area contributed by atoms with Gasteiger partial charge in [-0.1, -0.05) is 106 Å². The summed E-state index contributed by atoms with van der Waals surface area (Å²) in [6, 6.07) is 0. The van der Waals surface area contributed by atoms with Gasteiger partial charge < -0.3 is 0 Å². The van der Waals surface area contributed by atoms with Gasteiger partial charge in [-0.05, 0) is 176 Å². The normalized spacial score (nSPS) is 51.1. The number of rotatable bonds is 6. The van der Waals surface area contributed by atoms with Gasteiger partial charge in [0.1, 0.15) is 0 Å². The third-order valence-corrected chi connectivity index (χ3v) is 20.0. The maximum Gasteiger partial charge on any atom is -0.0230 e. The SMILES string of the molecule is CCC(C)(CC)C1CC(C(C)(CC)CC)CC2(C1)C1CCC3CCCCC3C1C1C3CC4CCC5CCCCC5C4C3CCC12. The minimum Gasteiger partial charge on any atom is -0.0649 e. The third kappa shape index (κ3) is 4.81. The number of hydrogen-bond acceptors (Lipinski definition) is 0. The summed E-state index contributed by atoms with van der Waals surface area (Å²) in [5.41, 5.74) is 1.76. The summed E-state index contributed by atoms with van der Waals surface area (Å²) in [4.78, 5) is 0. The Morgan fingerprint density at radius 2 is 0.911 bits per heavy atom. The largest absolute Gasteiger partial charge is 0.0649 e. The molecule has 8 aliphatic rings. The fourth-order valence-electron chi connectivity index (χ4n) is 17.1. The van der Waals surface area contributed by atoms with Crippen LogP contribution in [-0.4, -0.2) is 0 Å². The first-order valence-corrected chi connectivity index (χ1v) is 21.8. The molecule has 8 aliphatic carbocycles. The summed E-state index contributed by atoms with van der Waals surface area (Å²) in [5, 5.41) is 0. The zero-order valence-electron chi connectivity index (χ0n) is 31.1. The van der Waals surface area contributed by atoms with Crippen molar-refractivity contribution in [1.82, 2.24) is 0 Å². The first-order valence-electron chi connectivity index (χ1n) is 21.8. The Labute approximate surface area is 281 Å². The number of hydrogen-bond donors (Lipinski definition) is 0. The fourth-order valence-corrected chi connectivity index (χ4v) is 17.1. The Bertz CT molecular complexity index is 1000. The van der Waals surface area contributed by atoms with E-state index in [2.05, 4.69) is 41.5 Å². The summed E-state index contributed by atoms with van der Waals surface area (Å²) in [6.45, 7) is 15.8. The van der Waals surface area contributed by atoms with Crippen LogP contribution in [0.2, 0.25) is 0 Å². The van der Waals surface area contributed by atoms with E-state index in [-0.39, 0.29) is 0 Å². The van der Waals surface area contributed by atoms with Crippen molar-refractivity contribution in [2.75, 3.05) is 0 Å². The maximum atomic E-state index is 2.75. The second kappa shape index (κ2) is 12.1. The molecule has 14 atom stereocenters. The average molecular weight is 617 g/mol. The molecule has 0 radical (unpaired) electrons. The highest BCUT2D eigenvalue weighted by Crippen LogP contribution is 2.77. The fraction of sp³-hybridized carbons (Fsp3) is 1.00. The van der Waals surface area contributed by atoms with Crippen LogP contribution in [0.3, 0.4) is 0 Å². The molecule has 0 heteroatoms. The van der Waals surface area contributed by atoms with Crippen LogP contribution < -0.4 is 0 Å². The van der Waals surface area contributed by atoms with E-state index in [1.54, 1.807) is 116 Å². The molecule has 8 fully saturated rings. The molecular weight excluding hydrogens is 540 g/mol. The molecule has 8 rings (SSSR count). The van der Waals surface area contributed by atoms with E-state index in [0.29, 0.717) is 16.2 Å². The molecule has 0 heterocycles. The Balaban J connectivity index is 1.21. The first-order chi connectivity index (χ1) is 21.8. The lowest BCUT2D eigenvalue weighted by molar-refractivity contribution is -0.0915. The third-order valence-electron chi connectivity index (χ3n) is 20.0. The van der Waals surface area contributed by atoms with Gasteiger partial charge in [0.2, 0.25) is 0 Å². The highest BCUT2D eigenvalue weighted by atomic mass is 14.7. The van der Waals surface area contributed by atoms with Gasteiger partial charge in [-0.25, -0.2) is 0 Å².